The van der Waals surface area contributed by atoms with E-state index in [0.29, 0.717) is 19.3 Å². The smallest absolute Gasteiger partial charge is 0.306 e. The van der Waals surface area contributed by atoms with Crippen LogP contribution in [0.2, 0.25) is 0 Å². The van der Waals surface area contributed by atoms with E-state index in [4.69, 9.17) is 14.2 Å². The topological polar surface area (TPSA) is 78.9 Å². The van der Waals surface area contributed by atoms with Gasteiger partial charge in [0.2, 0.25) is 0 Å². The van der Waals surface area contributed by atoms with Gasteiger partial charge < -0.3 is 14.2 Å². The van der Waals surface area contributed by atoms with Crippen LogP contribution in [0.15, 0.2) is 85.1 Å². The van der Waals surface area contributed by atoms with E-state index < -0.39 is 6.10 Å². The molecule has 0 aromatic carbocycles. The summed E-state index contributed by atoms with van der Waals surface area (Å²) in [4.78, 5) is 37.8. The van der Waals surface area contributed by atoms with Crippen molar-refractivity contribution in [2.24, 2.45) is 0 Å². The lowest BCUT2D eigenvalue weighted by Crippen LogP contribution is -2.30. The minimum atomic E-state index is -0.806. The van der Waals surface area contributed by atoms with Crippen LogP contribution in [-0.2, 0) is 28.6 Å². The van der Waals surface area contributed by atoms with Crippen molar-refractivity contribution < 1.29 is 28.6 Å². The van der Waals surface area contributed by atoms with Crippen LogP contribution in [0.5, 0.6) is 0 Å². The molecule has 0 heterocycles. The molecule has 0 spiro atoms. The molecule has 0 aliphatic carbocycles. The SMILES string of the molecule is CC/C=C\C/C=C\C/C=C\C/C=C\C/C=C\C/C=C\CCC(=O)OC[C@H](COC(=O)CCCCCCC/C=C\CCCC)OC(=O)CCCCCCCCCCCCC. The molecular weight excluding hydrogens is 733 g/mol. The van der Waals surface area contributed by atoms with Gasteiger partial charge in [-0.25, -0.2) is 0 Å². The summed E-state index contributed by atoms with van der Waals surface area (Å²) < 4.78 is 16.6. The molecule has 0 aliphatic rings. The predicted octanol–water partition coefficient (Wildman–Crippen LogP) is 15.6. The number of allylic oxidation sites excluding steroid dienone is 14. The first-order valence-electron chi connectivity index (χ1n) is 24.1. The van der Waals surface area contributed by atoms with Crippen LogP contribution < -0.4 is 0 Å². The van der Waals surface area contributed by atoms with E-state index in [9.17, 15) is 14.4 Å². The summed E-state index contributed by atoms with van der Waals surface area (Å²) in [6, 6.07) is 0. The quantitative estimate of drug-likeness (QED) is 0.0264. The van der Waals surface area contributed by atoms with Gasteiger partial charge in [-0.1, -0.05) is 202 Å². The summed E-state index contributed by atoms with van der Waals surface area (Å²) in [6.45, 7) is 6.39. The number of ether oxygens (including phenoxy) is 3. The zero-order valence-corrected chi connectivity index (χ0v) is 38.2. The van der Waals surface area contributed by atoms with Crippen molar-refractivity contribution in [3.8, 4) is 0 Å². The molecule has 0 aromatic rings. The van der Waals surface area contributed by atoms with Gasteiger partial charge in [-0.2, -0.15) is 0 Å². The largest absolute Gasteiger partial charge is 0.462 e. The molecule has 1 atom stereocenters. The maximum atomic E-state index is 12.7. The Kier molecular flexibility index (Phi) is 44.5. The highest BCUT2D eigenvalue weighted by atomic mass is 16.6. The molecule has 0 saturated carbocycles. The fourth-order valence-corrected chi connectivity index (χ4v) is 6.27. The third-order valence-corrected chi connectivity index (χ3v) is 9.90. The average Bonchev–Trinajstić information content (AvgIpc) is 3.23. The van der Waals surface area contributed by atoms with Crippen LogP contribution in [0.4, 0.5) is 0 Å². The van der Waals surface area contributed by atoms with Gasteiger partial charge in [0, 0.05) is 19.3 Å². The fraction of sp³-hybridized carbons (Fsp3) is 0.679. The van der Waals surface area contributed by atoms with E-state index in [1.54, 1.807) is 0 Å². The van der Waals surface area contributed by atoms with Crippen LogP contribution in [-0.4, -0.2) is 37.2 Å². The highest BCUT2D eigenvalue weighted by molar-refractivity contribution is 5.71. The molecule has 6 heteroatoms. The maximum absolute atomic E-state index is 12.7. The molecule has 0 rings (SSSR count). The standard InChI is InChI=1S/C53H88O6/c1-4-7-10-13-16-19-22-23-24-25-26-27-28-29-32-34-37-40-43-46-52(55)58-49-50(59-53(56)47-44-41-38-35-31-21-18-15-12-9-6-3)48-57-51(54)45-42-39-36-33-30-20-17-14-11-8-5-2/h7,10,14,16-17,19,23-24,26-27,29,32,37,40,50H,4-6,8-9,11-13,15,18,20-22,25,28,30-31,33-36,38-39,41-49H2,1-3H3/b10-7-,17-14-,19-16-,24-23-,27-26-,32-29-,40-37-/t50-/m0/s1. The first kappa shape index (κ1) is 55.6. The number of carbonyl (C=O) groups is 3. The van der Waals surface area contributed by atoms with E-state index in [1.807, 2.05) is 12.2 Å². The number of carbonyl (C=O) groups excluding carboxylic acids is 3. The Morgan fingerprint density at radius 2 is 0.712 bits per heavy atom. The lowest BCUT2D eigenvalue weighted by molar-refractivity contribution is -0.166. The van der Waals surface area contributed by atoms with Gasteiger partial charge in [0.15, 0.2) is 6.10 Å². The van der Waals surface area contributed by atoms with Crippen molar-refractivity contribution in [3.05, 3.63) is 85.1 Å². The Morgan fingerprint density at radius 1 is 0.356 bits per heavy atom. The molecule has 0 amide bonds. The Morgan fingerprint density at radius 3 is 1.19 bits per heavy atom. The number of hydrogen-bond donors (Lipinski definition) is 0. The molecule has 0 radical (unpaired) electrons. The number of unbranched alkanes of at least 4 members (excludes halogenated alkanes) is 17. The summed E-state index contributed by atoms with van der Waals surface area (Å²) >= 11 is 0. The second kappa shape index (κ2) is 47.3. The third kappa shape index (κ3) is 45.5. The van der Waals surface area contributed by atoms with Crippen LogP contribution in [0.1, 0.15) is 213 Å². The Balaban J connectivity index is 4.48. The first-order valence-corrected chi connectivity index (χ1v) is 24.1. The lowest BCUT2D eigenvalue weighted by atomic mass is 10.1. The second-order valence-electron chi connectivity index (χ2n) is 15.6. The van der Waals surface area contributed by atoms with Crippen molar-refractivity contribution in [1.82, 2.24) is 0 Å². The van der Waals surface area contributed by atoms with Crippen molar-refractivity contribution in [3.63, 3.8) is 0 Å². The summed E-state index contributed by atoms with van der Waals surface area (Å²) in [7, 11) is 0. The zero-order chi connectivity index (χ0) is 43.0. The second-order valence-corrected chi connectivity index (χ2v) is 15.6. The molecule has 0 N–H and O–H groups in total. The molecule has 0 aromatic heterocycles. The van der Waals surface area contributed by atoms with Gasteiger partial charge >= 0.3 is 17.9 Å². The highest BCUT2D eigenvalue weighted by Gasteiger charge is 2.19. The molecule has 0 unspecified atom stereocenters. The van der Waals surface area contributed by atoms with Gasteiger partial charge in [-0.05, 0) is 77.0 Å². The number of esters is 3. The molecular formula is C53H88O6. The lowest BCUT2D eigenvalue weighted by Gasteiger charge is -2.18. The summed E-state index contributed by atoms with van der Waals surface area (Å²) in [5, 5.41) is 0. The van der Waals surface area contributed by atoms with E-state index in [2.05, 4.69) is 93.7 Å². The Labute approximate surface area is 363 Å². The average molecular weight is 821 g/mol. The van der Waals surface area contributed by atoms with Crippen molar-refractivity contribution in [1.29, 1.82) is 0 Å². The number of hydrogen-bond acceptors (Lipinski definition) is 6. The fourth-order valence-electron chi connectivity index (χ4n) is 6.27. The molecule has 0 bridgehead atoms. The highest BCUT2D eigenvalue weighted by Crippen LogP contribution is 2.14. The van der Waals surface area contributed by atoms with Crippen LogP contribution >= 0.6 is 0 Å². The van der Waals surface area contributed by atoms with Crippen molar-refractivity contribution in [2.75, 3.05) is 13.2 Å². The normalized spacial score (nSPS) is 12.8. The van der Waals surface area contributed by atoms with E-state index >= 15 is 0 Å². The number of rotatable bonds is 42. The minimum absolute atomic E-state index is 0.104. The Hall–Kier alpha value is -3.41. The molecule has 0 saturated heterocycles. The van der Waals surface area contributed by atoms with E-state index in [0.717, 1.165) is 89.9 Å². The summed E-state index contributed by atoms with van der Waals surface area (Å²) in [5.74, 6) is -1.01. The maximum Gasteiger partial charge on any atom is 0.306 e. The summed E-state index contributed by atoms with van der Waals surface area (Å²) in [6.07, 6.45) is 60.1. The molecule has 6 nitrogen and oxygen atoms in total. The van der Waals surface area contributed by atoms with Crippen molar-refractivity contribution >= 4 is 17.9 Å². The zero-order valence-electron chi connectivity index (χ0n) is 38.2. The summed E-state index contributed by atoms with van der Waals surface area (Å²) in [5.41, 5.74) is 0. The first-order chi connectivity index (χ1) is 29.0. The predicted molar refractivity (Wildman–Crippen MR) is 251 cm³/mol. The van der Waals surface area contributed by atoms with Gasteiger partial charge in [0.25, 0.3) is 0 Å². The van der Waals surface area contributed by atoms with Crippen LogP contribution in [0, 0.1) is 0 Å². The third-order valence-electron chi connectivity index (χ3n) is 9.90. The molecule has 59 heavy (non-hydrogen) atoms. The van der Waals surface area contributed by atoms with Gasteiger partial charge in [0.05, 0.1) is 0 Å². The van der Waals surface area contributed by atoms with Crippen LogP contribution in [0.25, 0.3) is 0 Å². The van der Waals surface area contributed by atoms with Crippen molar-refractivity contribution in [2.45, 2.75) is 219 Å². The monoisotopic (exact) mass is 821 g/mol. The van der Waals surface area contributed by atoms with E-state index in [-0.39, 0.29) is 37.5 Å². The minimum Gasteiger partial charge on any atom is -0.462 e. The van der Waals surface area contributed by atoms with Crippen LogP contribution in [0.3, 0.4) is 0 Å². The van der Waals surface area contributed by atoms with Gasteiger partial charge in [-0.15, -0.1) is 0 Å². The Bertz CT molecular complexity index is 1170. The molecule has 0 fully saturated rings. The van der Waals surface area contributed by atoms with E-state index in [1.165, 1.54) is 77.0 Å². The molecule has 0 aliphatic heterocycles. The van der Waals surface area contributed by atoms with Gasteiger partial charge in [0.1, 0.15) is 13.2 Å². The van der Waals surface area contributed by atoms with Gasteiger partial charge in [-0.3, -0.25) is 14.4 Å². The molecule has 336 valence electrons.